The minimum Gasteiger partial charge on any atom is -0.360 e. The Morgan fingerprint density at radius 1 is 1.14 bits per heavy atom. The summed E-state index contributed by atoms with van der Waals surface area (Å²) >= 11 is 0. The molecule has 1 aliphatic rings. The molecule has 2 atom stereocenters. The van der Waals surface area contributed by atoms with Gasteiger partial charge in [0.25, 0.3) is 11.8 Å². The van der Waals surface area contributed by atoms with E-state index >= 15 is 0 Å². The molecule has 4 rings (SSSR count). The second-order valence-corrected chi connectivity index (χ2v) is 9.26. The van der Waals surface area contributed by atoms with Gasteiger partial charge < -0.3 is 20.9 Å². The van der Waals surface area contributed by atoms with Crippen molar-refractivity contribution < 1.29 is 18.8 Å². The zero-order valence-corrected chi connectivity index (χ0v) is 20.7. The summed E-state index contributed by atoms with van der Waals surface area (Å²) in [5.41, 5.74) is 6.18. The van der Waals surface area contributed by atoms with Gasteiger partial charge >= 0.3 is 0 Å². The van der Waals surface area contributed by atoms with E-state index in [1.165, 1.54) is 12.1 Å². The van der Waals surface area contributed by atoms with Crippen molar-refractivity contribution in [3.63, 3.8) is 0 Å². The lowest BCUT2D eigenvalue weighted by molar-refractivity contribution is -0.117. The number of hydrogen-bond acceptors (Lipinski definition) is 3. The van der Waals surface area contributed by atoms with Crippen LogP contribution in [0.25, 0.3) is 0 Å². The van der Waals surface area contributed by atoms with Gasteiger partial charge in [-0.05, 0) is 74.7 Å². The van der Waals surface area contributed by atoms with E-state index in [-0.39, 0.29) is 29.6 Å². The van der Waals surface area contributed by atoms with Gasteiger partial charge in [0.2, 0.25) is 5.91 Å². The summed E-state index contributed by atoms with van der Waals surface area (Å²) in [6, 6.07) is 10.8. The molecule has 1 aromatic heterocycles. The number of carbonyl (C=O) groups is 3. The molecule has 0 radical (unpaired) electrons. The molecule has 8 heteroatoms. The predicted octanol–water partition coefficient (Wildman–Crippen LogP) is 5.05. The van der Waals surface area contributed by atoms with Crippen molar-refractivity contribution in [2.24, 2.45) is 0 Å². The monoisotopic (exact) mass is 488 g/mol. The van der Waals surface area contributed by atoms with Gasteiger partial charge in [0, 0.05) is 34.6 Å². The first-order chi connectivity index (χ1) is 17.0. The molecule has 2 aromatic carbocycles. The fourth-order valence-corrected chi connectivity index (χ4v) is 4.42. The number of H-pyrrole nitrogens is 1. The van der Waals surface area contributed by atoms with Crippen LogP contribution >= 0.6 is 0 Å². The molecule has 36 heavy (non-hydrogen) atoms. The van der Waals surface area contributed by atoms with Gasteiger partial charge in [-0.15, -0.1) is 0 Å². The number of anilines is 2. The molecule has 4 N–H and O–H groups in total. The first-order valence-corrected chi connectivity index (χ1v) is 11.7. The summed E-state index contributed by atoms with van der Waals surface area (Å²) < 4.78 is 13.2. The highest BCUT2D eigenvalue weighted by molar-refractivity contribution is 6.05. The number of amides is 3. The molecule has 0 spiro atoms. The minimum atomic E-state index is -0.497. The number of carbonyl (C=O) groups excluding carboxylic acids is 3. The number of fused-ring (bicyclic) bond motifs is 1. The Hall–Kier alpha value is -4.20. The Kier molecular flexibility index (Phi) is 6.79. The van der Waals surface area contributed by atoms with Gasteiger partial charge in [0.1, 0.15) is 5.82 Å². The van der Waals surface area contributed by atoms with Gasteiger partial charge in [-0.25, -0.2) is 4.39 Å². The van der Waals surface area contributed by atoms with E-state index in [9.17, 15) is 18.8 Å². The van der Waals surface area contributed by atoms with Crippen LogP contribution in [-0.4, -0.2) is 22.7 Å². The van der Waals surface area contributed by atoms with Crippen LogP contribution in [0.1, 0.15) is 64.2 Å². The largest absolute Gasteiger partial charge is 0.360 e. The lowest BCUT2D eigenvalue weighted by Gasteiger charge is -2.15. The Morgan fingerprint density at radius 2 is 1.83 bits per heavy atom. The Labute approximate surface area is 209 Å². The molecule has 1 aliphatic heterocycles. The molecule has 0 fully saturated rings. The average Bonchev–Trinajstić information content (AvgIpc) is 3.29. The third-order valence-corrected chi connectivity index (χ3v) is 6.56. The van der Waals surface area contributed by atoms with Gasteiger partial charge in [0.05, 0.1) is 17.6 Å². The highest BCUT2D eigenvalue weighted by atomic mass is 19.1. The number of aromatic amines is 1. The normalized spacial score (nSPS) is 15.1. The maximum atomic E-state index is 13.2. The summed E-state index contributed by atoms with van der Waals surface area (Å²) in [5, 5.41) is 8.69. The highest BCUT2D eigenvalue weighted by Crippen LogP contribution is 2.37. The summed E-state index contributed by atoms with van der Waals surface area (Å²) in [7, 11) is 0. The van der Waals surface area contributed by atoms with Crippen molar-refractivity contribution >= 4 is 29.1 Å². The average molecular weight is 489 g/mol. The third-order valence-electron chi connectivity index (χ3n) is 6.56. The lowest BCUT2D eigenvalue weighted by atomic mass is 9.93. The number of benzene rings is 2. The predicted molar refractivity (Wildman–Crippen MR) is 138 cm³/mol. The van der Waals surface area contributed by atoms with E-state index in [1.807, 2.05) is 20.8 Å². The van der Waals surface area contributed by atoms with Gasteiger partial charge in [-0.2, -0.15) is 0 Å². The van der Waals surface area contributed by atoms with Crippen LogP contribution in [0.2, 0.25) is 0 Å². The minimum absolute atomic E-state index is 0.151. The van der Waals surface area contributed by atoms with E-state index in [1.54, 1.807) is 37.3 Å². The van der Waals surface area contributed by atoms with E-state index in [0.29, 0.717) is 28.9 Å². The molecule has 2 unspecified atom stereocenters. The summed E-state index contributed by atoms with van der Waals surface area (Å²) in [4.78, 5) is 41.2. The van der Waals surface area contributed by atoms with E-state index < -0.39 is 5.92 Å². The maximum Gasteiger partial charge on any atom is 0.251 e. The highest BCUT2D eigenvalue weighted by Gasteiger charge is 2.33. The fraction of sp³-hybridized carbons (Fsp3) is 0.250. The molecule has 0 bridgehead atoms. The first-order valence-electron chi connectivity index (χ1n) is 11.7. The second kappa shape index (κ2) is 9.81. The van der Waals surface area contributed by atoms with Gasteiger partial charge in [-0.3, -0.25) is 14.4 Å². The number of hydrogen-bond donors (Lipinski definition) is 4. The number of aryl methyl sites for hydroxylation is 1. The quantitative estimate of drug-likeness (QED) is 0.350. The number of rotatable bonds is 7. The van der Waals surface area contributed by atoms with Gasteiger partial charge in [-0.1, -0.05) is 18.7 Å². The van der Waals surface area contributed by atoms with E-state index in [2.05, 4.69) is 27.5 Å². The fourth-order valence-electron chi connectivity index (χ4n) is 4.42. The van der Waals surface area contributed by atoms with Crippen molar-refractivity contribution in [2.45, 2.75) is 46.1 Å². The summed E-state index contributed by atoms with van der Waals surface area (Å²) in [6.07, 6.45) is 0.380. The van der Waals surface area contributed by atoms with Crippen LogP contribution in [-0.2, 0) is 16.0 Å². The smallest absolute Gasteiger partial charge is 0.251 e. The van der Waals surface area contributed by atoms with Crippen LogP contribution in [0.4, 0.5) is 15.8 Å². The topological polar surface area (TPSA) is 103 Å². The van der Waals surface area contributed by atoms with Crippen molar-refractivity contribution in [3.8, 4) is 0 Å². The second-order valence-electron chi connectivity index (χ2n) is 9.26. The Morgan fingerprint density at radius 3 is 2.50 bits per heavy atom. The molecule has 186 valence electrons. The molecular weight excluding hydrogens is 459 g/mol. The van der Waals surface area contributed by atoms with Crippen LogP contribution in [0, 0.1) is 19.7 Å². The van der Waals surface area contributed by atoms with E-state index in [0.717, 1.165) is 28.1 Å². The zero-order valence-electron chi connectivity index (χ0n) is 20.7. The van der Waals surface area contributed by atoms with Gasteiger partial charge in [0.15, 0.2) is 0 Å². The standard InChI is InChI=1S/C28H29FN4O3/c1-14(2)26(34)33-25-15(3)24(30-17(25)5)13-22-21-12-19(8-11-23(21)32-28(22)36)27(35)31-16(4)18-6-9-20(29)10-7-18/h6-12,16,22,30H,1,13H2,2-5H3,(H,31,35)(H,32,36)(H,33,34). The number of nitrogens with one attached hydrogen (secondary N) is 4. The molecule has 3 amide bonds. The Balaban J connectivity index is 1.54. The SMILES string of the molecule is C=C(C)C(=O)Nc1c(C)[nH]c(CC2C(=O)Nc3ccc(C(=O)NC(C)c4ccc(F)cc4)cc32)c1C. The van der Waals surface area contributed by atoms with Crippen LogP contribution in [0.3, 0.4) is 0 Å². The molecule has 2 heterocycles. The number of aromatic nitrogens is 1. The molecule has 3 aromatic rings. The van der Waals surface area contributed by atoms with Crippen molar-refractivity contribution in [3.05, 3.63) is 94.1 Å². The Bertz CT molecular complexity index is 1370. The van der Waals surface area contributed by atoms with Crippen LogP contribution < -0.4 is 16.0 Å². The van der Waals surface area contributed by atoms with Crippen LogP contribution in [0.15, 0.2) is 54.6 Å². The van der Waals surface area contributed by atoms with Crippen molar-refractivity contribution in [1.82, 2.24) is 10.3 Å². The molecule has 0 saturated heterocycles. The van der Waals surface area contributed by atoms with Crippen molar-refractivity contribution in [2.75, 3.05) is 10.6 Å². The summed E-state index contributed by atoms with van der Waals surface area (Å²) in [6.45, 7) is 10.9. The summed E-state index contributed by atoms with van der Waals surface area (Å²) in [5.74, 6) is -1.53. The van der Waals surface area contributed by atoms with Crippen molar-refractivity contribution in [1.29, 1.82) is 0 Å². The molecule has 7 nitrogen and oxygen atoms in total. The lowest BCUT2D eigenvalue weighted by Crippen LogP contribution is -2.26. The zero-order chi connectivity index (χ0) is 26.1. The maximum absolute atomic E-state index is 13.2. The molecule has 0 aliphatic carbocycles. The molecule has 0 saturated carbocycles. The van der Waals surface area contributed by atoms with E-state index in [4.69, 9.17) is 0 Å². The third kappa shape index (κ3) is 4.93. The molecular formula is C28H29FN4O3. The number of halogens is 1. The van der Waals surface area contributed by atoms with Crippen LogP contribution in [0.5, 0.6) is 0 Å². The first kappa shape index (κ1) is 24.9.